The highest BCUT2D eigenvalue weighted by Crippen LogP contribution is 2.42. The maximum Gasteiger partial charge on any atom is 0.232 e. The Morgan fingerprint density at radius 1 is 0.861 bits per heavy atom. The van der Waals surface area contributed by atoms with Gasteiger partial charge < -0.3 is 10.1 Å². The quantitative estimate of drug-likeness (QED) is 0.252. The Morgan fingerprint density at radius 2 is 1.53 bits per heavy atom. The summed E-state index contributed by atoms with van der Waals surface area (Å²) in [6.07, 6.45) is 0. The lowest BCUT2D eigenvalue weighted by Gasteiger charge is -2.33. The second kappa shape index (κ2) is 9.96. The predicted octanol–water partition coefficient (Wildman–Crippen LogP) is 7.77. The van der Waals surface area contributed by atoms with Crippen LogP contribution in [0.15, 0.2) is 102 Å². The third-order valence-electron chi connectivity index (χ3n) is 6.66. The molecule has 1 N–H and O–H groups in total. The topological polar surface area (TPSA) is 51.2 Å². The molecule has 1 heterocycles. The predicted molar refractivity (Wildman–Crippen MR) is 149 cm³/mol. The van der Waals surface area contributed by atoms with E-state index in [2.05, 4.69) is 47.8 Å². The van der Waals surface area contributed by atoms with Crippen LogP contribution in [0.4, 0.5) is 5.13 Å². The van der Waals surface area contributed by atoms with Crippen molar-refractivity contribution < 1.29 is 9.53 Å². The summed E-state index contributed by atoms with van der Waals surface area (Å²) < 4.78 is 5.34. The molecule has 0 saturated heterocycles. The standard InChI is InChI=1S/C31H28N2O2S/c1-31(2,28(22-10-5-4-6-11-22)23-15-17-26(35-3)18-16-23)29(34)33-30-32-27(20-36-30)25-14-13-21-9-7-8-12-24(21)19-25/h4-20,28H,1-3H3,(H,32,33,34). The van der Waals surface area contributed by atoms with Crippen molar-refractivity contribution in [2.75, 3.05) is 12.4 Å². The number of methoxy groups -OCH3 is 1. The van der Waals surface area contributed by atoms with Crippen LogP contribution in [0.5, 0.6) is 5.75 Å². The van der Waals surface area contributed by atoms with E-state index < -0.39 is 5.41 Å². The van der Waals surface area contributed by atoms with Crippen LogP contribution in [0.3, 0.4) is 0 Å². The number of rotatable bonds is 7. The molecule has 1 atom stereocenters. The number of nitrogens with zero attached hydrogens (tertiary/aromatic N) is 1. The number of hydrogen-bond acceptors (Lipinski definition) is 4. The van der Waals surface area contributed by atoms with Gasteiger partial charge in [0.2, 0.25) is 5.91 Å². The van der Waals surface area contributed by atoms with Gasteiger partial charge in [-0.25, -0.2) is 4.98 Å². The Morgan fingerprint density at radius 3 is 2.25 bits per heavy atom. The molecule has 0 radical (unpaired) electrons. The summed E-state index contributed by atoms with van der Waals surface area (Å²) in [5.41, 5.74) is 3.28. The van der Waals surface area contributed by atoms with Crippen LogP contribution >= 0.6 is 11.3 Å². The number of anilines is 1. The third kappa shape index (κ3) is 4.75. The average Bonchev–Trinajstić information content (AvgIpc) is 3.38. The first-order valence-electron chi connectivity index (χ1n) is 11.9. The number of carbonyl (C=O) groups is 1. The molecular weight excluding hydrogens is 464 g/mol. The SMILES string of the molecule is COc1ccc(C(c2ccccc2)C(C)(C)C(=O)Nc2nc(-c3ccc4ccccc4c3)cs2)cc1. The van der Waals surface area contributed by atoms with E-state index in [0.717, 1.165) is 28.1 Å². The smallest absolute Gasteiger partial charge is 0.232 e. The number of carbonyl (C=O) groups excluding carboxylic acids is 1. The van der Waals surface area contributed by atoms with Crippen LogP contribution in [-0.2, 0) is 4.79 Å². The summed E-state index contributed by atoms with van der Waals surface area (Å²) in [5.74, 6) is 0.563. The highest BCUT2D eigenvalue weighted by atomic mass is 32.1. The zero-order valence-electron chi connectivity index (χ0n) is 20.6. The van der Waals surface area contributed by atoms with Crippen molar-refractivity contribution in [2.45, 2.75) is 19.8 Å². The van der Waals surface area contributed by atoms with Gasteiger partial charge >= 0.3 is 0 Å². The Kier molecular flexibility index (Phi) is 6.57. The maximum absolute atomic E-state index is 13.7. The van der Waals surface area contributed by atoms with Gasteiger partial charge in [-0.1, -0.05) is 92.7 Å². The highest BCUT2D eigenvalue weighted by molar-refractivity contribution is 7.14. The van der Waals surface area contributed by atoms with Crippen LogP contribution in [0.2, 0.25) is 0 Å². The van der Waals surface area contributed by atoms with Crippen molar-refractivity contribution in [1.82, 2.24) is 4.98 Å². The fraction of sp³-hybridized carbons (Fsp3) is 0.161. The van der Waals surface area contributed by atoms with E-state index in [9.17, 15) is 4.79 Å². The van der Waals surface area contributed by atoms with E-state index in [1.54, 1.807) is 7.11 Å². The van der Waals surface area contributed by atoms with Crippen molar-refractivity contribution in [3.8, 4) is 17.0 Å². The Hall–Kier alpha value is -3.96. The minimum absolute atomic E-state index is 0.0772. The van der Waals surface area contributed by atoms with Gasteiger partial charge in [0.15, 0.2) is 5.13 Å². The van der Waals surface area contributed by atoms with Crippen LogP contribution in [0.25, 0.3) is 22.0 Å². The summed E-state index contributed by atoms with van der Waals surface area (Å²) in [5, 5.41) is 8.04. The fourth-order valence-corrected chi connectivity index (χ4v) is 5.38. The van der Waals surface area contributed by atoms with E-state index in [1.807, 2.05) is 73.8 Å². The molecule has 5 heteroatoms. The second-order valence-electron chi connectivity index (χ2n) is 9.39. The van der Waals surface area contributed by atoms with Gasteiger partial charge in [0.25, 0.3) is 0 Å². The molecule has 180 valence electrons. The molecule has 1 aromatic heterocycles. The molecule has 0 fully saturated rings. The van der Waals surface area contributed by atoms with E-state index in [1.165, 1.54) is 22.1 Å². The number of benzene rings is 4. The van der Waals surface area contributed by atoms with Gasteiger partial charge in [0, 0.05) is 16.9 Å². The lowest BCUT2D eigenvalue weighted by Crippen LogP contribution is -2.37. The molecule has 0 saturated carbocycles. The summed E-state index contributed by atoms with van der Waals surface area (Å²) >= 11 is 1.44. The number of amides is 1. The molecule has 5 aromatic rings. The van der Waals surface area contributed by atoms with Gasteiger partial charge in [0.1, 0.15) is 5.75 Å². The van der Waals surface area contributed by atoms with Gasteiger partial charge in [-0.05, 0) is 40.1 Å². The molecule has 1 unspecified atom stereocenters. The van der Waals surface area contributed by atoms with E-state index >= 15 is 0 Å². The molecule has 36 heavy (non-hydrogen) atoms. The van der Waals surface area contributed by atoms with Crippen molar-refractivity contribution >= 4 is 33.1 Å². The lowest BCUT2D eigenvalue weighted by molar-refractivity contribution is -0.124. The van der Waals surface area contributed by atoms with Gasteiger partial charge in [0.05, 0.1) is 18.2 Å². The number of ether oxygens (including phenoxy) is 1. The van der Waals surface area contributed by atoms with Gasteiger partial charge in [-0.2, -0.15) is 0 Å². The number of thiazole rings is 1. The van der Waals surface area contributed by atoms with E-state index in [0.29, 0.717) is 5.13 Å². The molecule has 1 amide bonds. The maximum atomic E-state index is 13.7. The monoisotopic (exact) mass is 492 g/mol. The lowest BCUT2D eigenvalue weighted by atomic mass is 9.70. The highest BCUT2D eigenvalue weighted by Gasteiger charge is 2.39. The first-order valence-corrected chi connectivity index (χ1v) is 12.8. The number of aromatic nitrogens is 1. The van der Waals surface area contributed by atoms with Crippen molar-refractivity contribution in [3.63, 3.8) is 0 Å². The number of nitrogens with one attached hydrogen (secondary N) is 1. The van der Waals surface area contributed by atoms with E-state index in [-0.39, 0.29) is 11.8 Å². The summed E-state index contributed by atoms with van der Waals surface area (Å²) in [6.45, 7) is 3.98. The Balaban J connectivity index is 1.42. The third-order valence-corrected chi connectivity index (χ3v) is 7.42. The molecule has 0 spiro atoms. The van der Waals surface area contributed by atoms with Crippen LogP contribution in [-0.4, -0.2) is 18.0 Å². The summed E-state index contributed by atoms with van der Waals surface area (Å²) in [7, 11) is 1.65. The molecule has 4 nitrogen and oxygen atoms in total. The first kappa shape index (κ1) is 23.8. The largest absolute Gasteiger partial charge is 0.497 e. The first-order chi connectivity index (χ1) is 17.5. The van der Waals surface area contributed by atoms with Crippen LogP contribution in [0.1, 0.15) is 30.9 Å². The molecule has 0 bridgehead atoms. The molecule has 0 aliphatic carbocycles. The van der Waals surface area contributed by atoms with Gasteiger partial charge in [-0.15, -0.1) is 11.3 Å². The molecular formula is C31H28N2O2S. The normalized spacial score (nSPS) is 12.3. The molecule has 0 aliphatic heterocycles. The summed E-state index contributed by atoms with van der Waals surface area (Å²) in [4.78, 5) is 18.4. The Bertz CT molecular complexity index is 1490. The van der Waals surface area contributed by atoms with Crippen LogP contribution < -0.4 is 10.1 Å². The minimum Gasteiger partial charge on any atom is -0.497 e. The summed E-state index contributed by atoms with van der Waals surface area (Å²) in [6, 6.07) is 32.7. The minimum atomic E-state index is -0.745. The van der Waals surface area contributed by atoms with Gasteiger partial charge in [-0.3, -0.25) is 4.79 Å². The number of fused-ring (bicyclic) bond motifs is 1. The van der Waals surface area contributed by atoms with Crippen molar-refractivity contribution in [3.05, 3.63) is 114 Å². The zero-order valence-corrected chi connectivity index (χ0v) is 21.4. The van der Waals surface area contributed by atoms with Crippen molar-refractivity contribution in [1.29, 1.82) is 0 Å². The van der Waals surface area contributed by atoms with Crippen molar-refractivity contribution in [2.24, 2.45) is 5.41 Å². The fourth-order valence-electron chi connectivity index (χ4n) is 4.67. The number of hydrogen-bond donors (Lipinski definition) is 1. The zero-order chi connectivity index (χ0) is 25.1. The molecule has 5 rings (SSSR count). The van der Waals surface area contributed by atoms with Crippen LogP contribution in [0, 0.1) is 5.41 Å². The molecule has 4 aromatic carbocycles. The second-order valence-corrected chi connectivity index (χ2v) is 10.3. The van der Waals surface area contributed by atoms with E-state index in [4.69, 9.17) is 9.72 Å². The molecule has 0 aliphatic rings. The average molecular weight is 493 g/mol. The Labute approximate surface area is 215 Å².